The minimum atomic E-state index is -0.663. The fourth-order valence-electron chi connectivity index (χ4n) is 2.13. The van der Waals surface area contributed by atoms with Gasteiger partial charge in [-0.1, -0.05) is 0 Å². The Morgan fingerprint density at radius 2 is 1.79 bits per heavy atom. The lowest BCUT2D eigenvalue weighted by atomic mass is 10.1. The van der Waals surface area contributed by atoms with Crippen LogP contribution in [-0.4, -0.2) is 64.4 Å². The maximum atomic E-state index is 12.4. The molecule has 7 nitrogen and oxygen atoms in total. The average Bonchev–Trinajstić information content (AvgIpc) is 2.60. The van der Waals surface area contributed by atoms with Crippen molar-refractivity contribution in [1.29, 1.82) is 0 Å². The molecular weight excluding hydrogens is 370 g/mol. The molecule has 0 saturated carbocycles. The van der Waals surface area contributed by atoms with Crippen LogP contribution in [0.4, 0.5) is 0 Å². The van der Waals surface area contributed by atoms with Crippen LogP contribution < -0.4 is 10.6 Å². The minimum absolute atomic E-state index is 0.185. The first kappa shape index (κ1) is 24.0. The number of hydrogen-bond acceptors (Lipinski definition) is 7. The van der Waals surface area contributed by atoms with E-state index in [0.29, 0.717) is 25.7 Å². The maximum Gasteiger partial charge on any atom is 0.328 e. The van der Waals surface area contributed by atoms with Crippen LogP contribution in [0, 0.1) is 0 Å². The molecule has 1 amide bonds. The van der Waals surface area contributed by atoms with Gasteiger partial charge < -0.3 is 24.8 Å². The number of carbonyl (C=O) groups excluding carboxylic acids is 2. The Hall–Kier alpha value is 0.0300. The lowest BCUT2D eigenvalue weighted by Crippen LogP contribution is -2.49. The second-order valence-electron chi connectivity index (χ2n) is 5.01. The van der Waals surface area contributed by atoms with E-state index in [-0.39, 0.29) is 18.2 Å². The summed E-state index contributed by atoms with van der Waals surface area (Å²) in [5.74, 6) is 0.258. The van der Waals surface area contributed by atoms with E-state index in [2.05, 4.69) is 19.6 Å². The summed E-state index contributed by atoms with van der Waals surface area (Å²) in [6.07, 6.45) is 2.17. The zero-order valence-electron chi connectivity index (χ0n) is 14.8. The number of methoxy groups -OCH3 is 3. The fraction of sp³-hybridized carbons (Fsp3) is 0.857. The highest BCUT2D eigenvalue weighted by atomic mass is 32.9. The molecule has 0 aliphatic rings. The van der Waals surface area contributed by atoms with Crippen molar-refractivity contribution in [2.75, 3.05) is 34.1 Å². The highest BCUT2D eigenvalue weighted by Crippen LogP contribution is 2.36. The van der Waals surface area contributed by atoms with Gasteiger partial charge in [-0.3, -0.25) is 4.79 Å². The van der Waals surface area contributed by atoms with Crippen molar-refractivity contribution in [2.24, 2.45) is 0 Å². The molecule has 10 heteroatoms. The number of hydrogen-bond donors (Lipinski definition) is 2. The molecule has 0 radical (unpaired) electrons. The SMILES string of the molecule is CNC(CCSPP)C(=O)N[C@@H](CCCC(OC)OC)C(=O)OC. The number of likely N-dealkylation sites (N-methyl/N-ethyl adjacent to an activating group) is 1. The third kappa shape index (κ3) is 10.1. The number of esters is 1. The average molecular weight is 400 g/mol. The second kappa shape index (κ2) is 15.3. The van der Waals surface area contributed by atoms with Gasteiger partial charge in [0.2, 0.25) is 5.91 Å². The van der Waals surface area contributed by atoms with Gasteiger partial charge in [0.15, 0.2) is 6.29 Å². The molecule has 0 aromatic heterocycles. The topological polar surface area (TPSA) is 85.9 Å². The summed E-state index contributed by atoms with van der Waals surface area (Å²) in [6, 6.07) is -0.985. The Morgan fingerprint density at radius 3 is 2.29 bits per heavy atom. The summed E-state index contributed by atoms with van der Waals surface area (Å²) >= 11 is 1.77. The molecule has 0 spiro atoms. The van der Waals surface area contributed by atoms with Gasteiger partial charge in [0.1, 0.15) is 6.04 Å². The van der Waals surface area contributed by atoms with Gasteiger partial charge in [0.05, 0.1) is 13.2 Å². The number of ether oxygens (including phenoxy) is 3. The Kier molecular flexibility index (Phi) is 15.3. The third-order valence-electron chi connectivity index (χ3n) is 3.52. The van der Waals surface area contributed by atoms with E-state index in [4.69, 9.17) is 14.2 Å². The molecule has 0 aromatic carbocycles. The first-order chi connectivity index (χ1) is 11.5. The summed E-state index contributed by atoms with van der Waals surface area (Å²) in [6.45, 7) is 0. The molecule has 0 bridgehead atoms. The van der Waals surface area contributed by atoms with Crippen molar-refractivity contribution in [2.45, 2.75) is 44.1 Å². The lowest BCUT2D eigenvalue weighted by Gasteiger charge is -2.21. The first-order valence-corrected chi connectivity index (χ1v) is 12.2. The van der Waals surface area contributed by atoms with Gasteiger partial charge in [-0.25, -0.2) is 4.79 Å². The van der Waals surface area contributed by atoms with Crippen LogP contribution in [0.5, 0.6) is 0 Å². The zero-order chi connectivity index (χ0) is 18.4. The van der Waals surface area contributed by atoms with Crippen LogP contribution in [0.1, 0.15) is 25.7 Å². The van der Waals surface area contributed by atoms with Crippen molar-refractivity contribution in [3.63, 3.8) is 0 Å². The smallest absolute Gasteiger partial charge is 0.328 e. The molecule has 4 atom stereocenters. The van der Waals surface area contributed by atoms with Crippen molar-refractivity contribution in [3.8, 4) is 0 Å². The number of rotatable bonds is 14. The largest absolute Gasteiger partial charge is 0.467 e. The maximum absolute atomic E-state index is 12.4. The molecule has 24 heavy (non-hydrogen) atoms. The van der Waals surface area contributed by atoms with E-state index in [1.165, 1.54) is 7.11 Å². The molecule has 0 fully saturated rings. The van der Waals surface area contributed by atoms with Crippen LogP contribution in [0.15, 0.2) is 0 Å². The van der Waals surface area contributed by atoms with Crippen molar-refractivity contribution in [1.82, 2.24) is 10.6 Å². The highest BCUT2D eigenvalue weighted by Gasteiger charge is 2.25. The van der Waals surface area contributed by atoms with Crippen LogP contribution in [0.2, 0.25) is 0 Å². The predicted octanol–water partition coefficient (Wildman–Crippen LogP) is 1.53. The van der Waals surface area contributed by atoms with Crippen LogP contribution in [0.25, 0.3) is 0 Å². The highest BCUT2D eigenvalue weighted by molar-refractivity contribution is 8.64. The predicted molar refractivity (Wildman–Crippen MR) is 104 cm³/mol. The quantitative estimate of drug-likeness (QED) is 0.198. The molecule has 2 N–H and O–H groups in total. The van der Waals surface area contributed by atoms with Gasteiger partial charge in [-0.2, -0.15) is 0 Å². The minimum Gasteiger partial charge on any atom is -0.467 e. The number of amides is 1. The van der Waals surface area contributed by atoms with Crippen molar-refractivity contribution in [3.05, 3.63) is 0 Å². The Morgan fingerprint density at radius 1 is 1.12 bits per heavy atom. The summed E-state index contributed by atoms with van der Waals surface area (Å²) < 4.78 is 15.0. The second-order valence-corrected chi connectivity index (χ2v) is 9.64. The van der Waals surface area contributed by atoms with Crippen LogP contribution in [0.3, 0.4) is 0 Å². The third-order valence-corrected chi connectivity index (χ3v) is 6.74. The van der Waals surface area contributed by atoms with Gasteiger partial charge in [-0.15, -0.1) is 20.3 Å². The first-order valence-electron chi connectivity index (χ1n) is 7.72. The molecule has 0 heterocycles. The van der Waals surface area contributed by atoms with E-state index in [0.717, 1.165) is 13.2 Å². The molecule has 3 unspecified atom stereocenters. The van der Waals surface area contributed by atoms with E-state index < -0.39 is 12.0 Å². The lowest BCUT2D eigenvalue weighted by molar-refractivity contribution is -0.146. The summed E-state index contributed by atoms with van der Waals surface area (Å²) in [5.41, 5.74) is 0. The van der Waals surface area contributed by atoms with Gasteiger partial charge in [0, 0.05) is 14.2 Å². The number of carbonyl (C=O) groups is 2. The standard InChI is InChI=1S/C14H30N2O5P2S/c1-15-10(8-9-24-23-22)13(17)16-11(14(18)21-4)6-5-7-12(19-2)20-3/h10-12,15,23H,5-9,22H2,1-4H3,(H,16,17)/t10?,11-/m0/s1. The van der Waals surface area contributed by atoms with E-state index >= 15 is 0 Å². The van der Waals surface area contributed by atoms with E-state index in [1.807, 2.05) is 0 Å². The summed E-state index contributed by atoms with van der Waals surface area (Å²) in [7, 11) is 9.59. The normalized spacial score (nSPS) is 14.1. The van der Waals surface area contributed by atoms with Gasteiger partial charge in [0.25, 0.3) is 0 Å². The molecule has 0 aromatic rings. The van der Waals surface area contributed by atoms with Gasteiger partial charge in [-0.05, 0) is 46.0 Å². The van der Waals surface area contributed by atoms with Crippen LogP contribution in [-0.2, 0) is 23.8 Å². The molecule has 0 rings (SSSR count). The fourth-order valence-corrected chi connectivity index (χ4v) is 4.37. The summed E-state index contributed by atoms with van der Waals surface area (Å²) in [4.78, 5) is 24.3. The Bertz CT molecular complexity index is 362. The molecule has 0 aliphatic heterocycles. The van der Waals surface area contributed by atoms with Gasteiger partial charge >= 0.3 is 5.97 Å². The van der Waals surface area contributed by atoms with Crippen LogP contribution >= 0.6 is 27.8 Å². The Labute approximate surface area is 152 Å². The molecular formula is C14H30N2O5P2S. The monoisotopic (exact) mass is 400 g/mol. The number of nitrogens with one attached hydrogen (secondary N) is 2. The molecule has 142 valence electrons. The van der Waals surface area contributed by atoms with Crippen molar-refractivity contribution < 1.29 is 23.8 Å². The molecule has 0 aliphatic carbocycles. The zero-order valence-corrected chi connectivity index (χ0v) is 17.8. The molecule has 0 saturated heterocycles. The van der Waals surface area contributed by atoms with E-state index in [1.54, 1.807) is 32.6 Å². The van der Waals surface area contributed by atoms with E-state index in [9.17, 15) is 9.59 Å². The van der Waals surface area contributed by atoms with Crippen molar-refractivity contribution >= 4 is 39.7 Å². The Balaban J connectivity index is 4.53. The summed E-state index contributed by atoms with van der Waals surface area (Å²) in [5, 5.41) is 5.78.